The van der Waals surface area contributed by atoms with Gasteiger partial charge in [0.2, 0.25) is 0 Å². The lowest BCUT2D eigenvalue weighted by Gasteiger charge is -2.13. The number of hydrogen-bond donors (Lipinski definition) is 1. The summed E-state index contributed by atoms with van der Waals surface area (Å²) >= 11 is 7.80. The minimum atomic E-state index is 0.403. The zero-order valence-corrected chi connectivity index (χ0v) is 10.9. The van der Waals surface area contributed by atoms with Crippen LogP contribution in [-0.4, -0.2) is 18.1 Å². The third kappa shape index (κ3) is 4.92. The molecule has 1 aromatic carbocycles. The van der Waals surface area contributed by atoms with Gasteiger partial charge >= 0.3 is 0 Å². The molecule has 0 bridgehead atoms. The Morgan fingerprint density at radius 3 is 2.60 bits per heavy atom. The van der Waals surface area contributed by atoms with E-state index in [0.29, 0.717) is 6.04 Å². The van der Waals surface area contributed by atoms with E-state index in [1.807, 2.05) is 23.9 Å². The molecule has 15 heavy (non-hydrogen) atoms. The minimum Gasteiger partial charge on any atom is -0.309 e. The van der Waals surface area contributed by atoms with Crippen LogP contribution in [0, 0.1) is 0 Å². The fourth-order valence-electron chi connectivity index (χ4n) is 1.36. The molecule has 0 spiro atoms. The van der Waals surface area contributed by atoms with E-state index in [9.17, 15) is 0 Å². The molecule has 3 heteroatoms. The maximum atomic E-state index is 5.84. The van der Waals surface area contributed by atoms with Crippen LogP contribution in [-0.2, 0) is 0 Å². The molecule has 1 N–H and O–H groups in total. The molecule has 0 radical (unpaired) electrons. The number of hydrogen-bond acceptors (Lipinski definition) is 2. The van der Waals surface area contributed by atoms with Crippen molar-refractivity contribution in [3.63, 3.8) is 0 Å². The fourth-order valence-corrected chi connectivity index (χ4v) is 2.04. The van der Waals surface area contributed by atoms with E-state index in [2.05, 4.69) is 31.3 Å². The molecule has 1 aromatic rings. The summed E-state index contributed by atoms with van der Waals surface area (Å²) in [5.74, 6) is 2.37. The summed E-state index contributed by atoms with van der Waals surface area (Å²) < 4.78 is 0. The molecule has 1 atom stereocenters. The first-order chi connectivity index (χ1) is 7.24. The molecule has 0 aromatic heterocycles. The zero-order chi connectivity index (χ0) is 11.1. The van der Waals surface area contributed by atoms with Crippen LogP contribution in [0.4, 0.5) is 0 Å². The van der Waals surface area contributed by atoms with Crippen LogP contribution in [0.25, 0.3) is 0 Å². The average molecular weight is 244 g/mol. The minimum absolute atomic E-state index is 0.403. The van der Waals surface area contributed by atoms with E-state index in [1.54, 1.807) is 0 Å². The Kier molecular flexibility index (Phi) is 6.15. The summed E-state index contributed by atoms with van der Waals surface area (Å²) in [6.45, 7) is 5.43. The first-order valence-electron chi connectivity index (χ1n) is 5.30. The molecule has 0 aliphatic heterocycles. The second kappa shape index (κ2) is 7.15. The van der Waals surface area contributed by atoms with Gasteiger partial charge in [0.1, 0.15) is 0 Å². The molecule has 0 unspecified atom stereocenters. The van der Waals surface area contributed by atoms with E-state index in [4.69, 9.17) is 11.6 Å². The van der Waals surface area contributed by atoms with Crippen molar-refractivity contribution in [2.24, 2.45) is 0 Å². The number of thioether (sulfide) groups is 1. The van der Waals surface area contributed by atoms with Crippen molar-refractivity contribution in [1.29, 1.82) is 0 Å². The van der Waals surface area contributed by atoms with Crippen LogP contribution < -0.4 is 5.32 Å². The Balaban J connectivity index is 2.33. The van der Waals surface area contributed by atoms with Gasteiger partial charge in [0, 0.05) is 23.4 Å². The standard InChI is InChI=1S/C12H18ClNS/c1-3-15-9-8-14-10(2)11-4-6-12(13)7-5-11/h4-7,10,14H,3,8-9H2,1-2H3/t10-/m0/s1. The van der Waals surface area contributed by atoms with Crippen LogP contribution >= 0.6 is 23.4 Å². The SMILES string of the molecule is CCSCCN[C@@H](C)c1ccc(Cl)cc1. The smallest absolute Gasteiger partial charge is 0.0406 e. The van der Waals surface area contributed by atoms with Gasteiger partial charge in [0.15, 0.2) is 0 Å². The molecule has 0 heterocycles. The van der Waals surface area contributed by atoms with E-state index in [-0.39, 0.29) is 0 Å². The molecule has 0 amide bonds. The Morgan fingerprint density at radius 2 is 2.00 bits per heavy atom. The lowest BCUT2D eigenvalue weighted by Crippen LogP contribution is -2.21. The van der Waals surface area contributed by atoms with Gasteiger partial charge in [-0.05, 0) is 30.4 Å². The largest absolute Gasteiger partial charge is 0.309 e. The molecule has 1 nitrogen and oxygen atoms in total. The highest BCUT2D eigenvalue weighted by atomic mass is 35.5. The van der Waals surface area contributed by atoms with Gasteiger partial charge in [0.25, 0.3) is 0 Å². The number of benzene rings is 1. The van der Waals surface area contributed by atoms with Gasteiger partial charge < -0.3 is 5.32 Å². The quantitative estimate of drug-likeness (QED) is 0.764. The van der Waals surface area contributed by atoms with Crippen molar-refractivity contribution in [3.05, 3.63) is 34.9 Å². The maximum Gasteiger partial charge on any atom is 0.0406 e. The average Bonchev–Trinajstić information content (AvgIpc) is 2.25. The van der Waals surface area contributed by atoms with Gasteiger partial charge in [-0.1, -0.05) is 30.7 Å². The predicted octanol–water partition coefficient (Wildman–Crippen LogP) is 3.74. The van der Waals surface area contributed by atoms with Crippen LogP contribution in [0.3, 0.4) is 0 Å². The van der Waals surface area contributed by atoms with Crippen LogP contribution in [0.1, 0.15) is 25.5 Å². The Morgan fingerprint density at radius 1 is 1.33 bits per heavy atom. The van der Waals surface area contributed by atoms with E-state index < -0.39 is 0 Å². The molecule has 1 rings (SSSR count). The van der Waals surface area contributed by atoms with Gasteiger partial charge in [-0.25, -0.2) is 0 Å². The third-order valence-corrected chi connectivity index (χ3v) is 3.42. The van der Waals surface area contributed by atoms with Crippen molar-refractivity contribution >= 4 is 23.4 Å². The normalized spacial score (nSPS) is 12.7. The first kappa shape index (κ1) is 12.9. The van der Waals surface area contributed by atoms with Crippen LogP contribution in [0.15, 0.2) is 24.3 Å². The summed E-state index contributed by atoms with van der Waals surface area (Å²) in [5, 5.41) is 4.29. The monoisotopic (exact) mass is 243 g/mol. The summed E-state index contributed by atoms with van der Waals surface area (Å²) in [7, 11) is 0. The number of halogens is 1. The maximum absolute atomic E-state index is 5.84. The highest BCUT2D eigenvalue weighted by molar-refractivity contribution is 7.99. The van der Waals surface area contributed by atoms with Crippen LogP contribution in [0.2, 0.25) is 5.02 Å². The summed E-state index contributed by atoms with van der Waals surface area (Å²) in [5.41, 5.74) is 1.29. The molecular weight excluding hydrogens is 226 g/mol. The first-order valence-corrected chi connectivity index (χ1v) is 6.84. The Bertz CT molecular complexity index is 273. The summed E-state index contributed by atoms with van der Waals surface area (Å²) in [6, 6.07) is 8.44. The Labute approximate surface area is 102 Å². The highest BCUT2D eigenvalue weighted by Gasteiger charge is 2.03. The van der Waals surface area contributed by atoms with Gasteiger partial charge in [-0.3, -0.25) is 0 Å². The fraction of sp³-hybridized carbons (Fsp3) is 0.500. The molecule has 84 valence electrons. The van der Waals surface area contributed by atoms with Crippen molar-refractivity contribution < 1.29 is 0 Å². The van der Waals surface area contributed by atoms with Crippen molar-refractivity contribution in [2.45, 2.75) is 19.9 Å². The molecule has 0 saturated heterocycles. The molecule has 0 fully saturated rings. The van der Waals surface area contributed by atoms with Crippen molar-refractivity contribution in [3.8, 4) is 0 Å². The number of rotatable bonds is 6. The second-order valence-electron chi connectivity index (χ2n) is 3.42. The zero-order valence-electron chi connectivity index (χ0n) is 9.29. The second-order valence-corrected chi connectivity index (χ2v) is 5.25. The highest BCUT2D eigenvalue weighted by Crippen LogP contribution is 2.15. The van der Waals surface area contributed by atoms with Crippen molar-refractivity contribution in [1.82, 2.24) is 5.32 Å². The molecule has 0 aliphatic rings. The predicted molar refractivity (Wildman–Crippen MR) is 70.9 cm³/mol. The molecule has 0 saturated carbocycles. The van der Waals surface area contributed by atoms with Gasteiger partial charge in [-0.15, -0.1) is 0 Å². The van der Waals surface area contributed by atoms with Crippen LogP contribution in [0.5, 0.6) is 0 Å². The Hall–Kier alpha value is -0.180. The van der Waals surface area contributed by atoms with Gasteiger partial charge in [0.05, 0.1) is 0 Å². The van der Waals surface area contributed by atoms with Crippen molar-refractivity contribution in [2.75, 3.05) is 18.1 Å². The van der Waals surface area contributed by atoms with E-state index in [0.717, 1.165) is 11.6 Å². The summed E-state index contributed by atoms with van der Waals surface area (Å²) in [6.07, 6.45) is 0. The topological polar surface area (TPSA) is 12.0 Å². The molecular formula is C12H18ClNS. The van der Waals surface area contributed by atoms with Gasteiger partial charge in [-0.2, -0.15) is 11.8 Å². The lowest BCUT2D eigenvalue weighted by molar-refractivity contribution is 0.601. The van der Waals surface area contributed by atoms with E-state index in [1.165, 1.54) is 17.1 Å². The number of nitrogens with one attached hydrogen (secondary N) is 1. The lowest BCUT2D eigenvalue weighted by atomic mass is 10.1. The summed E-state index contributed by atoms with van der Waals surface area (Å²) in [4.78, 5) is 0. The molecule has 0 aliphatic carbocycles. The van der Waals surface area contributed by atoms with E-state index >= 15 is 0 Å². The third-order valence-electron chi connectivity index (χ3n) is 2.27.